The fourth-order valence-electron chi connectivity index (χ4n) is 4.76. The van der Waals surface area contributed by atoms with Crippen LogP contribution < -0.4 is 10.2 Å². The monoisotopic (exact) mass is 438 g/mol. The number of carbonyl (C=O) groups is 2. The normalized spacial score (nSPS) is 17.7. The van der Waals surface area contributed by atoms with Gasteiger partial charge in [-0.3, -0.25) is 19.6 Å². The van der Waals surface area contributed by atoms with Gasteiger partial charge in [-0.05, 0) is 42.8 Å². The van der Waals surface area contributed by atoms with Crippen LogP contribution >= 0.6 is 0 Å². The summed E-state index contributed by atoms with van der Waals surface area (Å²) in [7, 11) is 0. The minimum atomic E-state index is -0.0937. The minimum absolute atomic E-state index is 0.0368. The first-order chi connectivity index (χ1) is 16.1. The molecule has 5 rings (SSSR count). The van der Waals surface area contributed by atoms with E-state index in [1.807, 2.05) is 78.9 Å². The maximum absolute atomic E-state index is 12.7. The van der Waals surface area contributed by atoms with E-state index in [1.54, 1.807) is 11.8 Å². The molecule has 1 aliphatic carbocycles. The summed E-state index contributed by atoms with van der Waals surface area (Å²) < 4.78 is 0. The molecule has 3 aromatic carbocycles. The molecule has 0 radical (unpaired) electrons. The molecule has 2 unspecified atom stereocenters. The van der Waals surface area contributed by atoms with Crippen LogP contribution in [0.3, 0.4) is 0 Å². The highest BCUT2D eigenvalue weighted by Crippen LogP contribution is 2.37. The molecule has 1 fully saturated rings. The van der Waals surface area contributed by atoms with Crippen molar-refractivity contribution in [1.82, 2.24) is 15.5 Å². The number of benzene rings is 3. The first-order valence-electron chi connectivity index (χ1n) is 11.3. The average molecular weight is 439 g/mol. The van der Waals surface area contributed by atoms with Gasteiger partial charge in [-0.2, -0.15) is 5.10 Å². The maximum atomic E-state index is 12.7. The number of carbonyl (C=O) groups excluding carboxylic acids is 2. The minimum Gasteiger partial charge on any atom is -0.349 e. The Bertz CT molecular complexity index is 1290. The van der Waals surface area contributed by atoms with Crippen molar-refractivity contribution in [2.24, 2.45) is 0 Å². The van der Waals surface area contributed by atoms with E-state index >= 15 is 0 Å². The molecule has 0 spiro atoms. The van der Waals surface area contributed by atoms with Crippen molar-refractivity contribution in [2.75, 3.05) is 4.90 Å². The Kier molecular flexibility index (Phi) is 5.65. The third kappa shape index (κ3) is 4.24. The Labute approximate surface area is 192 Å². The lowest BCUT2D eigenvalue weighted by Crippen LogP contribution is -2.32. The van der Waals surface area contributed by atoms with E-state index in [2.05, 4.69) is 15.5 Å². The molecule has 4 aromatic rings. The number of aromatic amines is 1. The fourth-order valence-corrected chi connectivity index (χ4v) is 4.76. The largest absolute Gasteiger partial charge is 0.349 e. The van der Waals surface area contributed by atoms with Gasteiger partial charge in [-0.15, -0.1) is 0 Å². The second-order valence-corrected chi connectivity index (χ2v) is 8.58. The van der Waals surface area contributed by atoms with E-state index in [9.17, 15) is 9.59 Å². The zero-order chi connectivity index (χ0) is 22.8. The molecule has 6 nitrogen and oxygen atoms in total. The Morgan fingerprint density at radius 3 is 2.55 bits per heavy atom. The number of amides is 2. The van der Waals surface area contributed by atoms with Gasteiger partial charge in [-0.1, -0.05) is 54.6 Å². The second kappa shape index (κ2) is 8.90. The molecule has 1 aromatic heterocycles. The molecule has 2 N–H and O–H groups in total. The summed E-state index contributed by atoms with van der Waals surface area (Å²) in [6.45, 7) is 1.56. The highest BCUT2D eigenvalue weighted by Gasteiger charge is 2.29. The SMILES string of the molecule is CC(=O)N(c1cc(C2CCC(NC(=O)c3ccccc3)C2)[nH]n1)c1cccc2ccccc12. The van der Waals surface area contributed by atoms with Crippen molar-refractivity contribution in [3.8, 4) is 0 Å². The number of anilines is 2. The first kappa shape index (κ1) is 20.9. The van der Waals surface area contributed by atoms with Crippen molar-refractivity contribution < 1.29 is 9.59 Å². The smallest absolute Gasteiger partial charge is 0.251 e. The quantitative estimate of drug-likeness (QED) is 0.443. The van der Waals surface area contributed by atoms with Gasteiger partial charge < -0.3 is 5.32 Å². The third-order valence-corrected chi connectivity index (χ3v) is 6.38. The van der Waals surface area contributed by atoms with Crippen molar-refractivity contribution in [3.05, 3.63) is 90.1 Å². The molecule has 1 saturated carbocycles. The molecule has 0 bridgehead atoms. The lowest BCUT2D eigenvalue weighted by atomic mass is 10.0. The lowest BCUT2D eigenvalue weighted by molar-refractivity contribution is -0.115. The Balaban J connectivity index is 1.34. The van der Waals surface area contributed by atoms with Crippen LogP contribution in [-0.2, 0) is 4.79 Å². The molecule has 0 saturated heterocycles. The van der Waals surface area contributed by atoms with Crippen LogP contribution in [0.5, 0.6) is 0 Å². The molecular weight excluding hydrogens is 412 g/mol. The van der Waals surface area contributed by atoms with E-state index in [0.29, 0.717) is 11.4 Å². The number of nitrogens with one attached hydrogen (secondary N) is 2. The molecule has 2 amide bonds. The fraction of sp³-hybridized carbons (Fsp3) is 0.222. The Morgan fingerprint density at radius 2 is 1.73 bits per heavy atom. The standard InChI is InChI=1S/C27H26N4O2/c1-18(32)31(25-13-7-11-19-8-5-6-12-23(19)25)26-17-24(29-30-26)21-14-15-22(16-21)28-27(33)20-9-3-2-4-10-20/h2-13,17,21-22H,14-16H2,1H3,(H,28,33)(H,29,30). The van der Waals surface area contributed by atoms with Crippen LogP contribution in [0.1, 0.15) is 48.2 Å². The number of fused-ring (bicyclic) bond motifs is 1. The van der Waals surface area contributed by atoms with Crippen LogP contribution in [0.2, 0.25) is 0 Å². The highest BCUT2D eigenvalue weighted by atomic mass is 16.2. The van der Waals surface area contributed by atoms with Gasteiger partial charge in [0.25, 0.3) is 5.91 Å². The van der Waals surface area contributed by atoms with Gasteiger partial charge in [0.05, 0.1) is 5.69 Å². The number of rotatable bonds is 5. The van der Waals surface area contributed by atoms with Gasteiger partial charge in [0, 0.05) is 41.6 Å². The van der Waals surface area contributed by atoms with E-state index in [0.717, 1.165) is 41.4 Å². The molecule has 166 valence electrons. The summed E-state index contributed by atoms with van der Waals surface area (Å²) in [4.78, 5) is 26.8. The van der Waals surface area contributed by atoms with Gasteiger partial charge in [0.1, 0.15) is 0 Å². The summed E-state index contributed by atoms with van der Waals surface area (Å²) in [5.41, 5.74) is 2.49. The topological polar surface area (TPSA) is 78.1 Å². The first-order valence-corrected chi connectivity index (χ1v) is 11.3. The Morgan fingerprint density at radius 1 is 0.970 bits per heavy atom. The van der Waals surface area contributed by atoms with Crippen molar-refractivity contribution in [2.45, 2.75) is 38.1 Å². The van der Waals surface area contributed by atoms with E-state index in [1.165, 1.54) is 0 Å². The summed E-state index contributed by atoms with van der Waals surface area (Å²) in [6, 6.07) is 25.3. The molecule has 0 aliphatic heterocycles. The van der Waals surface area contributed by atoms with Crippen molar-refractivity contribution in [3.63, 3.8) is 0 Å². The lowest BCUT2D eigenvalue weighted by Gasteiger charge is -2.20. The molecule has 6 heteroatoms. The van der Waals surface area contributed by atoms with Gasteiger partial charge in [-0.25, -0.2) is 0 Å². The van der Waals surface area contributed by atoms with Crippen LogP contribution in [0.4, 0.5) is 11.5 Å². The number of hydrogen-bond donors (Lipinski definition) is 2. The number of nitrogens with zero attached hydrogens (tertiary/aromatic N) is 2. The predicted octanol–water partition coefficient (Wildman–Crippen LogP) is 5.31. The number of H-pyrrole nitrogens is 1. The van der Waals surface area contributed by atoms with Gasteiger partial charge in [0.2, 0.25) is 5.91 Å². The second-order valence-electron chi connectivity index (χ2n) is 8.58. The summed E-state index contributed by atoms with van der Waals surface area (Å²) in [6.07, 6.45) is 2.71. The van der Waals surface area contributed by atoms with Crippen LogP contribution in [-0.4, -0.2) is 28.1 Å². The van der Waals surface area contributed by atoms with E-state index < -0.39 is 0 Å². The maximum Gasteiger partial charge on any atom is 0.251 e. The molecule has 1 aliphatic rings. The molecule has 33 heavy (non-hydrogen) atoms. The number of hydrogen-bond acceptors (Lipinski definition) is 3. The zero-order valence-electron chi connectivity index (χ0n) is 18.5. The predicted molar refractivity (Wildman–Crippen MR) is 130 cm³/mol. The zero-order valence-corrected chi connectivity index (χ0v) is 18.5. The summed E-state index contributed by atoms with van der Waals surface area (Å²) >= 11 is 0. The molecule has 1 heterocycles. The molecule has 2 atom stereocenters. The van der Waals surface area contributed by atoms with Gasteiger partial charge in [0.15, 0.2) is 5.82 Å². The van der Waals surface area contributed by atoms with E-state index in [-0.39, 0.29) is 23.8 Å². The van der Waals surface area contributed by atoms with Crippen molar-refractivity contribution >= 4 is 34.1 Å². The van der Waals surface area contributed by atoms with Crippen LogP contribution in [0.25, 0.3) is 10.8 Å². The molecular formula is C27H26N4O2. The van der Waals surface area contributed by atoms with Crippen LogP contribution in [0, 0.1) is 0 Å². The summed E-state index contributed by atoms with van der Waals surface area (Å²) in [5.74, 6) is 0.716. The average Bonchev–Trinajstić information content (AvgIpc) is 3.50. The number of aromatic nitrogens is 2. The Hall–Kier alpha value is -3.93. The van der Waals surface area contributed by atoms with Crippen LogP contribution in [0.15, 0.2) is 78.9 Å². The third-order valence-electron chi connectivity index (χ3n) is 6.38. The highest BCUT2D eigenvalue weighted by molar-refractivity contribution is 6.07. The summed E-state index contributed by atoms with van der Waals surface area (Å²) in [5, 5.41) is 12.9. The van der Waals surface area contributed by atoms with E-state index in [4.69, 9.17) is 0 Å². The van der Waals surface area contributed by atoms with Crippen molar-refractivity contribution in [1.29, 1.82) is 0 Å². The van der Waals surface area contributed by atoms with Gasteiger partial charge >= 0.3 is 0 Å².